The van der Waals surface area contributed by atoms with Crippen molar-refractivity contribution in [3.63, 3.8) is 0 Å². The Hall–Kier alpha value is -2.47. The first-order valence-corrected chi connectivity index (χ1v) is 8.73. The molecule has 3 aromatic rings. The lowest BCUT2D eigenvalue weighted by molar-refractivity contribution is 0.557. The highest BCUT2D eigenvalue weighted by molar-refractivity contribution is 9.10. The van der Waals surface area contributed by atoms with Crippen LogP contribution in [0.3, 0.4) is 0 Å². The monoisotopic (exact) mass is 399 g/mol. The molecule has 2 aromatic heterocycles. The first kappa shape index (κ1) is 17.4. The van der Waals surface area contributed by atoms with Gasteiger partial charge in [-0.25, -0.2) is 4.98 Å². The van der Waals surface area contributed by atoms with Gasteiger partial charge in [-0.1, -0.05) is 29.8 Å². The summed E-state index contributed by atoms with van der Waals surface area (Å²) in [5.41, 5.74) is 1.36. The fourth-order valence-corrected chi connectivity index (χ4v) is 2.80. The third-order valence-corrected chi connectivity index (χ3v) is 4.13. The van der Waals surface area contributed by atoms with Crippen LogP contribution in [0.25, 0.3) is 17.0 Å². The van der Waals surface area contributed by atoms with Gasteiger partial charge in [-0.3, -0.25) is 4.79 Å². The molecular weight excluding hydrogens is 382 g/mol. The van der Waals surface area contributed by atoms with Gasteiger partial charge in [-0.15, -0.1) is 0 Å². The minimum absolute atomic E-state index is 0.0623. The van der Waals surface area contributed by atoms with E-state index in [1.807, 2.05) is 51.1 Å². The molecule has 0 fully saturated rings. The third-order valence-electron chi connectivity index (χ3n) is 3.64. The molecule has 2 heterocycles. The van der Waals surface area contributed by atoms with Gasteiger partial charge in [0.2, 0.25) is 0 Å². The lowest BCUT2D eigenvalue weighted by Crippen LogP contribution is -2.23. The lowest BCUT2D eigenvalue weighted by atomic mass is 10.2. The van der Waals surface area contributed by atoms with Crippen LogP contribution >= 0.6 is 15.9 Å². The number of furan rings is 1. The summed E-state index contributed by atoms with van der Waals surface area (Å²) in [6.45, 7) is 5.88. The molecule has 0 spiro atoms. The Balaban J connectivity index is 2.10. The highest BCUT2D eigenvalue weighted by Gasteiger charge is 2.13. The first-order valence-electron chi connectivity index (χ1n) is 7.94. The summed E-state index contributed by atoms with van der Waals surface area (Å²) < 4.78 is 7.50. The number of benzene rings is 1. The molecule has 0 unspecified atom stereocenters. The molecule has 0 saturated carbocycles. The average molecular weight is 400 g/mol. The van der Waals surface area contributed by atoms with Crippen LogP contribution in [-0.2, 0) is 0 Å². The molecule has 6 heteroatoms. The van der Waals surface area contributed by atoms with Gasteiger partial charge >= 0.3 is 0 Å². The van der Waals surface area contributed by atoms with Crippen molar-refractivity contribution < 1.29 is 4.42 Å². The van der Waals surface area contributed by atoms with Gasteiger partial charge < -0.3 is 4.42 Å². The van der Waals surface area contributed by atoms with E-state index < -0.39 is 0 Å². The van der Waals surface area contributed by atoms with Crippen molar-refractivity contribution in [2.45, 2.75) is 26.7 Å². The Morgan fingerprint density at radius 3 is 2.84 bits per heavy atom. The Morgan fingerprint density at radius 2 is 2.16 bits per heavy atom. The zero-order chi connectivity index (χ0) is 18.0. The summed E-state index contributed by atoms with van der Waals surface area (Å²) >= 11 is 3.40. The van der Waals surface area contributed by atoms with E-state index in [9.17, 15) is 4.79 Å². The molecule has 3 rings (SSSR count). The van der Waals surface area contributed by atoms with Gasteiger partial charge in [0, 0.05) is 10.4 Å². The van der Waals surface area contributed by atoms with E-state index in [-0.39, 0.29) is 11.5 Å². The number of aromatic nitrogens is 2. The van der Waals surface area contributed by atoms with E-state index in [1.54, 1.807) is 18.5 Å². The lowest BCUT2D eigenvalue weighted by Gasteiger charge is -2.11. The number of allylic oxidation sites excluding steroid dienone is 1. The molecule has 0 bridgehead atoms. The van der Waals surface area contributed by atoms with Gasteiger partial charge in [0.05, 0.1) is 23.4 Å². The summed E-state index contributed by atoms with van der Waals surface area (Å²) in [6.07, 6.45) is 5.11. The maximum absolute atomic E-state index is 12.9. The fraction of sp³-hybridized carbons (Fsp3) is 0.211. The van der Waals surface area contributed by atoms with E-state index in [4.69, 9.17) is 4.42 Å². The molecule has 1 aromatic carbocycles. The van der Waals surface area contributed by atoms with Crippen molar-refractivity contribution >= 4 is 39.1 Å². The van der Waals surface area contributed by atoms with E-state index >= 15 is 0 Å². The van der Waals surface area contributed by atoms with Gasteiger partial charge in [-0.05, 0) is 48.9 Å². The van der Waals surface area contributed by atoms with Crippen molar-refractivity contribution in [3.8, 4) is 0 Å². The Morgan fingerprint density at radius 1 is 1.36 bits per heavy atom. The van der Waals surface area contributed by atoms with Crippen molar-refractivity contribution in [2.24, 2.45) is 5.10 Å². The summed E-state index contributed by atoms with van der Waals surface area (Å²) in [5.74, 6) is 1.43. The molecule has 128 valence electrons. The predicted octanol–water partition coefficient (Wildman–Crippen LogP) is 4.81. The largest absolute Gasteiger partial charge is 0.465 e. The summed E-state index contributed by atoms with van der Waals surface area (Å²) in [4.78, 5) is 17.5. The quantitative estimate of drug-likeness (QED) is 0.591. The standard InChI is InChI=1S/C19H18BrN3O2/c1-12(2)18-22-17-7-6-14(20)10-16(17)19(24)23(18)21-11-13(3)9-15-5-4-8-25-15/h4-12H,1-3H3/b13-9+,21-11?. The number of halogens is 1. The molecule has 0 radical (unpaired) electrons. The molecule has 5 nitrogen and oxygen atoms in total. The van der Waals surface area contributed by atoms with E-state index in [0.717, 1.165) is 15.8 Å². The molecule has 0 aliphatic carbocycles. The summed E-state index contributed by atoms with van der Waals surface area (Å²) in [6, 6.07) is 9.17. The fourth-order valence-electron chi connectivity index (χ4n) is 2.44. The molecule has 0 N–H and O–H groups in total. The second kappa shape index (κ2) is 7.19. The molecule has 0 atom stereocenters. The molecule has 25 heavy (non-hydrogen) atoms. The number of hydrogen-bond acceptors (Lipinski definition) is 4. The highest BCUT2D eigenvalue weighted by atomic mass is 79.9. The summed E-state index contributed by atoms with van der Waals surface area (Å²) in [5, 5.41) is 4.91. The molecule has 0 aliphatic rings. The zero-order valence-corrected chi connectivity index (χ0v) is 15.8. The van der Waals surface area contributed by atoms with Crippen LogP contribution in [0.4, 0.5) is 0 Å². The maximum Gasteiger partial charge on any atom is 0.282 e. The van der Waals surface area contributed by atoms with Crippen LogP contribution in [0.15, 0.2) is 61.0 Å². The van der Waals surface area contributed by atoms with E-state index in [1.165, 1.54) is 4.68 Å². The number of rotatable bonds is 4. The van der Waals surface area contributed by atoms with E-state index in [2.05, 4.69) is 26.0 Å². The predicted molar refractivity (Wildman–Crippen MR) is 104 cm³/mol. The van der Waals surface area contributed by atoms with Gasteiger partial charge in [0.15, 0.2) is 0 Å². The molecule has 0 saturated heterocycles. The average Bonchev–Trinajstić information content (AvgIpc) is 3.07. The van der Waals surface area contributed by atoms with Crippen LogP contribution in [-0.4, -0.2) is 15.9 Å². The van der Waals surface area contributed by atoms with Crippen LogP contribution < -0.4 is 5.56 Å². The topological polar surface area (TPSA) is 60.4 Å². The maximum atomic E-state index is 12.9. The normalized spacial score (nSPS) is 12.6. The number of fused-ring (bicyclic) bond motifs is 1. The third kappa shape index (κ3) is 3.79. The second-order valence-corrected chi connectivity index (χ2v) is 6.97. The first-order chi connectivity index (χ1) is 12.0. The van der Waals surface area contributed by atoms with Crippen molar-refractivity contribution in [1.29, 1.82) is 0 Å². The molecule has 0 amide bonds. The van der Waals surface area contributed by atoms with Gasteiger partial charge in [0.25, 0.3) is 5.56 Å². The van der Waals surface area contributed by atoms with Crippen molar-refractivity contribution in [1.82, 2.24) is 9.66 Å². The van der Waals surface area contributed by atoms with Crippen LogP contribution in [0.1, 0.15) is 38.3 Å². The highest BCUT2D eigenvalue weighted by Crippen LogP contribution is 2.19. The van der Waals surface area contributed by atoms with Crippen molar-refractivity contribution in [3.05, 3.63) is 68.6 Å². The Kier molecular flexibility index (Phi) is 4.99. The second-order valence-electron chi connectivity index (χ2n) is 6.05. The number of hydrogen-bond donors (Lipinski definition) is 0. The summed E-state index contributed by atoms with van der Waals surface area (Å²) in [7, 11) is 0. The minimum atomic E-state index is -0.183. The SMILES string of the molecule is C/C(C=Nn1c(C(C)C)nc2ccc(Br)cc2c1=O)=C\c1ccco1. The van der Waals surface area contributed by atoms with Crippen molar-refractivity contribution in [2.75, 3.05) is 0 Å². The zero-order valence-electron chi connectivity index (χ0n) is 14.2. The van der Waals surface area contributed by atoms with Crippen LogP contribution in [0.2, 0.25) is 0 Å². The van der Waals surface area contributed by atoms with Crippen LogP contribution in [0, 0.1) is 0 Å². The van der Waals surface area contributed by atoms with Gasteiger partial charge in [0.1, 0.15) is 11.6 Å². The van der Waals surface area contributed by atoms with Gasteiger partial charge in [-0.2, -0.15) is 9.78 Å². The molecular formula is C19H18BrN3O2. The van der Waals surface area contributed by atoms with Crippen LogP contribution in [0.5, 0.6) is 0 Å². The minimum Gasteiger partial charge on any atom is -0.465 e. The molecule has 0 aliphatic heterocycles. The smallest absolute Gasteiger partial charge is 0.282 e. The Labute approximate surface area is 153 Å². The Bertz CT molecular complexity index is 1020. The number of nitrogens with zero attached hydrogens (tertiary/aromatic N) is 3. The van der Waals surface area contributed by atoms with E-state index in [0.29, 0.717) is 16.7 Å².